The molecular formula is C16H18N2O2. The van der Waals surface area contributed by atoms with Gasteiger partial charge in [0, 0.05) is 34.8 Å². The Kier molecular flexibility index (Phi) is 4.13. The molecule has 20 heavy (non-hydrogen) atoms. The van der Waals surface area contributed by atoms with E-state index in [-0.39, 0.29) is 12.2 Å². The van der Waals surface area contributed by atoms with Gasteiger partial charge in [-0.15, -0.1) is 0 Å². The summed E-state index contributed by atoms with van der Waals surface area (Å²) in [7, 11) is 1.63. The van der Waals surface area contributed by atoms with E-state index >= 15 is 0 Å². The highest BCUT2D eigenvalue weighted by atomic mass is 16.5. The topological polar surface area (TPSA) is 52.1 Å². The predicted molar refractivity (Wildman–Crippen MR) is 77.3 cm³/mol. The Balaban J connectivity index is 2.26. The second-order valence-electron chi connectivity index (χ2n) is 4.83. The zero-order valence-corrected chi connectivity index (χ0v) is 12.2. The molecule has 0 aliphatic rings. The van der Waals surface area contributed by atoms with Crippen molar-refractivity contribution >= 4 is 5.78 Å². The third-order valence-corrected chi connectivity index (χ3v) is 3.31. The lowest BCUT2D eigenvalue weighted by atomic mass is 10.0. The van der Waals surface area contributed by atoms with Crippen LogP contribution >= 0.6 is 0 Å². The monoisotopic (exact) mass is 270 g/mol. The van der Waals surface area contributed by atoms with Crippen molar-refractivity contribution in [1.29, 1.82) is 0 Å². The van der Waals surface area contributed by atoms with Crippen LogP contribution in [0.2, 0.25) is 0 Å². The number of aromatic nitrogens is 2. The van der Waals surface area contributed by atoms with Crippen LogP contribution in [0.15, 0.2) is 24.5 Å². The Bertz CT molecular complexity index is 634. The molecule has 0 spiro atoms. The Morgan fingerprint density at radius 3 is 2.50 bits per heavy atom. The molecule has 0 saturated heterocycles. The van der Waals surface area contributed by atoms with E-state index in [9.17, 15) is 4.79 Å². The lowest BCUT2D eigenvalue weighted by Gasteiger charge is -2.11. The number of carbonyl (C=O) groups excluding carboxylic acids is 1. The molecule has 2 rings (SSSR count). The predicted octanol–water partition coefficient (Wildman–Crippen LogP) is 2.84. The van der Waals surface area contributed by atoms with Crippen LogP contribution in [0.3, 0.4) is 0 Å². The molecule has 0 aliphatic heterocycles. The number of ketones is 1. The number of hydrogen-bond acceptors (Lipinski definition) is 4. The lowest BCUT2D eigenvalue weighted by molar-refractivity contribution is 0.0991. The summed E-state index contributed by atoms with van der Waals surface area (Å²) in [5.74, 6) is 0.809. The summed E-state index contributed by atoms with van der Waals surface area (Å²) in [6, 6.07) is 3.63. The summed E-state index contributed by atoms with van der Waals surface area (Å²) >= 11 is 0. The molecule has 0 aromatic carbocycles. The molecule has 0 radical (unpaired) electrons. The molecule has 2 aromatic heterocycles. The number of hydrogen-bond donors (Lipinski definition) is 0. The van der Waals surface area contributed by atoms with Gasteiger partial charge in [-0.3, -0.25) is 14.8 Å². The molecule has 0 aliphatic carbocycles. The Morgan fingerprint density at radius 2 is 1.90 bits per heavy atom. The average Bonchev–Trinajstić information content (AvgIpc) is 2.43. The van der Waals surface area contributed by atoms with Crippen LogP contribution in [0.4, 0.5) is 0 Å². The number of nitrogens with zero attached hydrogens (tertiary/aromatic N) is 2. The van der Waals surface area contributed by atoms with Gasteiger partial charge >= 0.3 is 0 Å². The fourth-order valence-electron chi connectivity index (χ4n) is 2.14. The van der Waals surface area contributed by atoms with Crippen LogP contribution in [-0.4, -0.2) is 22.9 Å². The standard InChI is InChI=1S/C16H18N2O2/c1-10-8-18-14(12(3)16(10)20-4)7-15(19)13-6-5-11(2)17-9-13/h5-6,8-9H,7H2,1-4H3. The fraction of sp³-hybridized carbons (Fsp3) is 0.312. The van der Waals surface area contributed by atoms with Gasteiger partial charge in [0.05, 0.1) is 19.2 Å². The molecular weight excluding hydrogens is 252 g/mol. The SMILES string of the molecule is COc1c(C)cnc(CC(=O)c2ccc(C)nc2)c1C. The van der Waals surface area contributed by atoms with Gasteiger partial charge in [0.25, 0.3) is 0 Å². The van der Waals surface area contributed by atoms with Crippen molar-refractivity contribution in [3.05, 3.63) is 52.6 Å². The number of rotatable bonds is 4. The maximum atomic E-state index is 12.2. The molecule has 4 heteroatoms. The Hall–Kier alpha value is -2.23. The van der Waals surface area contributed by atoms with Crippen molar-refractivity contribution in [1.82, 2.24) is 9.97 Å². The van der Waals surface area contributed by atoms with Crippen LogP contribution in [0.5, 0.6) is 5.75 Å². The van der Waals surface area contributed by atoms with E-state index in [1.54, 1.807) is 25.6 Å². The van der Waals surface area contributed by atoms with Crippen molar-refractivity contribution in [3.63, 3.8) is 0 Å². The number of methoxy groups -OCH3 is 1. The van der Waals surface area contributed by atoms with E-state index in [1.165, 1.54) is 0 Å². The number of carbonyl (C=O) groups is 1. The highest BCUT2D eigenvalue weighted by Gasteiger charge is 2.14. The second kappa shape index (κ2) is 5.82. The van der Waals surface area contributed by atoms with Gasteiger partial charge in [-0.2, -0.15) is 0 Å². The molecule has 0 N–H and O–H groups in total. The van der Waals surface area contributed by atoms with Crippen molar-refractivity contribution in [2.45, 2.75) is 27.2 Å². The molecule has 2 aromatic rings. The summed E-state index contributed by atoms with van der Waals surface area (Å²) in [6.45, 7) is 5.76. The molecule has 0 bridgehead atoms. The van der Waals surface area contributed by atoms with Gasteiger partial charge in [0.15, 0.2) is 5.78 Å². The second-order valence-corrected chi connectivity index (χ2v) is 4.83. The number of aryl methyl sites for hydroxylation is 2. The van der Waals surface area contributed by atoms with Gasteiger partial charge in [0.2, 0.25) is 0 Å². The third kappa shape index (κ3) is 2.85. The van der Waals surface area contributed by atoms with Gasteiger partial charge in [0.1, 0.15) is 5.75 Å². The van der Waals surface area contributed by atoms with Gasteiger partial charge in [-0.1, -0.05) is 0 Å². The summed E-state index contributed by atoms with van der Waals surface area (Å²) < 4.78 is 5.36. The van der Waals surface area contributed by atoms with E-state index in [2.05, 4.69) is 9.97 Å². The number of ether oxygens (including phenoxy) is 1. The van der Waals surface area contributed by atoms with Crippen LogP contribution in [-0.2, 0) is 6.42 Å². The van der Waals surface area contributed by atoms with Gasteiger partial charge in [-0.25, -0.2) is 0 Å². The normalized spacial score (nSPS) is 10.4. The summed E-state index contributed by atoms with van der Waals surface area (Å²) in [5.41, 5.74) is 4.14. The van der Waals surface area contributed by atoms with Gasteiger partial charge in [-0.05, 0) is 32.9 Å². The van der Waals surface area contributed by atoms with E-state index in [0.717, 1.165) is 28.3 Å². The minimum atomic E-state index is 0.0130. The first kappa shape index (κ1) is 14.2. The molecule has 0 amide bonds. The molecule has 0 unspecified atom stereocenters. The Morgan fingerprint density at radius 1 is 1.15 bits per heavy atom. The third-order valence-electron chi connectivity index (χ3n) is 3.31. The lowest BCUT2D eigenvalue weighted by Crippen LogP contribution is -2.08. The zero-order chi connectivity index (χ0) is 14.7. The van der Waals surface area contributed by atoms with E-state index in [0.29, 0.717) is 5.56 Å². The summed E-state index contributed by atoms with van der Waals surface area (Å²) in [6.07, 6.45) is 3.60. The van der Waals surface area contributed by atoms with Crippen molar-refractivity contribution in [2.24, 2.45) is 0 Å². The number of pyridine rings is 2. The molecule has 104 valence electrons. The largest absolute Gasteiger partial charge is 0.496 e. The molecule has 2 heterocycles. The van der Waals surface area contributed by atoms with Gasteiger partial charge < -0.3 is 4.74 Å². The minimum absolute atomic E-state index is 0.0130. The van der Waals surface area contributed by atoms with Crippen molar-refractivity contribution < 1.29 is 9.53 Å². The first-order valence-electron chi connectivity index (χ1n) is 6.48. The highest BCUT2D eigenvalue weighted by Crippen LogP contribution is 2.24. The zero-order valence-electron chi connectivity index (χ0n) is 12.2. The molecule has 0 saturated carbocycles. The van der Waals surface area contributed by atoms with Crippen LogP contribution in [0.1, 0.15) is 32.9 Å². The summed E-state index contributed by atoms with van der Waals surface area (Å²) in [5, 5.41) is 0. The van der Waals surface area contributed by atoms with Crippen LogP contribution in [0.25, 0.3) is 0 Å². The molecule has 4 nitrogen and oxygen atoms in total. The average molecular weight is 270 g/mol. The first-order valence-corrected chi connectivity index (χ1v) is 6.48. The first-order chi connectivity index (χ1) is 9.52. The van der Waals surface area contributed by atoms with E-state index in [4.69, 9.17) is 4.74 Å². The maximum absolute atomic E-state index is 12.2. The minimum Gasteiger partial charge on any atom is -0.496 e. The van der Waals surface area contributed by atoms with E-state index in [1.807, 2.05) is 26.8 Å². The number of Topliss-reactive ketones (excluding diaryl/α,β-unsaturated/α-hetero) is 1. The quantitative estimate of drug-likeness (QED) is 0.802. The Labute approximate surface area is 118 Å². The maximum Gasteiger partial charge on any atom is 0.170 e. The van der Waals surface area contributed by atoms with Crippen LogP contribution < -0.4 is 4.74 Å². The highest BCUT2D eigenvalue weighted by molar-refractivity contribution is 5.97. The van der Waals surface area contributed by atoms with E-state index < -0.39 is 0 Å². The van der Waals surface area contributed by atoms with Crippen molar-refractivity contribution in [2.75, 3.05) is 7.11 Å². The smallest absolute Gasteiger partial charge is 0.170 e. The fourth-order valence-corrected chi connectivity index (χ4v) is 2.14. The summed E-state index contributed by atoms with van der Waals surface area (Å²) in [4.78, 5) is 20.7. The van der Waals surface area contributed by atoms with Crippen molar-refractivity contribution in [3.8, 4) is 5.75 Å². The van der Waals surface area contributed by atoms with Crippen LogP contribution in [0, 0.1) is 20.8 Å². The molecule has 0 atom stereocenters. The molecule has 0 fully saturated rings.